The van der Waals surface area contributed by atoms with Crippen molar-refractivity contribution in [2.24, 2.45) is 0 Å². The topological polar surface area (TPSA) is 84.9 Å². The van der Waals surface area contributed by atoms with Gasteiger partial charge in [0.1, 0.15) is 24.8 Å². The lowest BCUT2D eigenvalue weighted by Crippen LogP contribution is -2.51. The van der Waals surface area contributed by atoms with Gasteiger partial charge in [-0.15, -0.1) is 11.8 Å². The van der Waals surface area contributed by atoms with Crippen molar-refractivity contribution < 1.29 is 37.0 Å². The molecule has 0 fully saturated rings. The summed E-state index contributed by atoms with van der Waals surface area (Å²) in [4.78, 5) is 39.5. The number of carbonyl (C=O) groups excluding carboxylic acids is 3. The molecule has 0 saturated heterocycles. The highest BCUT2D eigenvalue weighted by molar-refractivity contribution is 7.99. The molecule has 0 aliphatic carbocycles. The first kappa shape index (κ1) is 26.4. The van der Waals surface area contributed by atoms with Gasteiger partial charge in [-0.05, 0) is 44.5 Å². The highest BCUT2D eigenvalue weighted by atomic mass is 32.2. The number of carbonyl (C=O) groups is 3. The summed E-state index contributed by atoms with van der Waals surface area (Å²) in [6.07, 6.45) is -5.52. The average Bonchev–Trinajstić information content (AvgIpc) is 2.88. The van der Waals surface area contributed by atoms with Gasteiger partial charge < -0.3 is 14.8 Å². The number of thioether (sulfide) groups is 1. The fourth-order valence-corrected chi connectivity index (χ4v) is 4.31. The Kier molecular flexibility index (Phi) is 7.99. The number of benzene rings is 2. The van der Waals surface area contributed by atoms with Crippen LogP contribution in [-0.2, 0) is 31.8 Å². The highest BCUT2D eigenvalue weighted by Crippen LogP contribution is 2.39. The molecule has 3 rings (SSSR count). The Labute approximate surface area is 205 Å². The van der Waals surface area contributed by atoms with Crippen LogP contribution in [0.1, 0.15) is 31.9 Å². The number of anilines is 1. The predicted octanol–water partition coefficient (Wildman–Crippen LogP) is 4.78. The van der Waals surface area contributed by atoms with Crippen LogP contribution in [0.25, 0.3) is 0 Å². The normalized spacial score (nSPS) is 16.2. The molecule has 1 N–H and O–H groups in total. The van der Waals surface area contributed by atoms with Gasteiger partial charge in [0.15, 0.2) is 0 Å². The Balaban J connectivity index is 1.83. The first-order valence-corrected chi connectivity index (χ1v) is 11.7. The number of ether oxygens (including phenoxy) is 2. The molecule has 1 heterocycles. The first-order valence-electron chi connectivity index (χ1n) is 10.7. The molecule has 188 valence electrons. The summed E-state index contributed by atoms with van der Waals surface area (Å²) >= 11 is 1.09. The molecule has 0 radical (unpaired) electrons. The Bertz CT molecular complexity index is 1090. The molecule has 0 saturated carbocycles. The van der Waals surface area contributed by atoms with Crippen molar-refractivity contribution in [1.29, 1.82) is 0 Å². The van der Waals surface area contributed by atoms with E-state index in [1.165, 1.54) is 6.07 Å². The van der Waals surface area contributed by atoms with Gasteiger partial charge in [-0.1, -0.05) is 30.3 Å². The Morgan fingerprint density at radius 1 is 1.11 bits per heavy atom. The number of fused-ring (bicyclic) bond motifs is 1. The van der Waals surface area contributed by atoms with E-state index in [-0.39, 0.29) is 18.0 Å². The number of rotatable bonds is 5. The summed E-state index contributed by atoms with van der Waals surface area (Å²) in [5.74, 6) is -1.52. The van der Waals surface area contributed by atoms with Crippen LogP contribution in [0.5, 0.6) is 0 Å². The van der Waals surface area contributed by atoms with E-state index < -0.39 is 47.9 Å². The Hall–Kier alpha value is -3.21. The molecule has 35 heavy (non-hydrogen) atoms. The number of nitrogens with one attached hydrogen (secondary N) is 1. The van der Waals surface area contributed by atoms with Crippen molar-refractivity contribution in [2.45, 2.75) is 50.1 Å². The van der Waals surface area contributed by atoms with E-state index in [1.807, 2.05) is 6.07 Å². The summed E-state index contributed by atoms with van der Waals surface area (Å²) in [6, 6.07) is 10.7. The zero-order valence-electron chi connectivity index (χ0n) is 19.3. The molecule has 0 bridgehead atoms. The van der Waals surface area contributed by atoms with Crippen molar-refractivity contribution in [3.05, 3.63) is 59.7 Å². The van der Waals surface area contributed by atoms with Crippen molar-refractivity contribution in [3.63, 3.8) is 0 Å². The number of alkyl carbamates (subject to hydrolysis) is 1. The molecule has 1 aliphatic rings. The standard InChI is InChI=1S/C24H25F3N2O5S/c1-23(2,3)34-20(30)12-29-18-11-16(24(25,26)27)9-10-19(18)35-14-17(21(29)31)28-22(32)33-13-15-7-5-4-6-8-15/h4-11,17H,12-14H2,1-3H3,(H,28,32)/t17-/m0/s1. The van der Waals surface area contributed by atoms with Crippen LogP contribution in [0.15, 0.2) is 53.4 Å². The van der Waals surface area contributed by atoms with Crippen molar-refractivity contribution >= 4 is 35.4 Å². The zero-order chi connectivity index (χ0) is 25.8. The van der Waals surface area contributed by atoms with Gasteiger partial charge in [-0.25, -0.2) is 4.79 Å². The van der Waals surface area contributed by atoms with E-state index in [0.29, 0.717) is 4.90 Å². The number of alkyl halides is 3. The quantitative estimate of drug-likeness (QED) is 0.583. The fourth-order valence-electron chi connectivity index (χ4n) is 3.25. The van der Waals surface area contributed by atoms with Crippen LogP contribution in [-0.4, -0.2) is 41.9 Å². The molecule has 1 atom stereocenters. The van der Waals surface area contributed by atoms with E-state index in [1.54, 1.807) is 45.0 Å². The van der Waals surface area contributed by atoms with Gasteiger partial charge in [0, 0.05) is 10.6 Å². The molecule has 2 aromatic rings. The van der Waals surface area contributed by atoms with Gasteiger partial charge in [0.25, 0.3) is 5.91 Å². The van der Waals surface area contributed by atoms with Gasteiger partial charge in [0.05, 0.1) is 11.3 Å². The third-order valence-electron chi connectivity index (χ3n) is 4.76. The Morgan fingerprint density at radius 2 is 1.80 bits per heavy atom. The van der Waals surface area contributed by atoms with Gasteiger partial charge in [0.2, 0.25) is 0 Å². The van der Waals surface area contributed by atoms with E-state index >= 15 is 0 Å². The van der Waals surface area contributed by atoms with Crippen LogP contribution in [0.4, 0.5) is 23.7 Å². The fraction of sp³-hybridized carbons (Fsp3) is 0.375. The SMILES string of the molecule is CC(C)(C)OC(=O)CN1C(=O)[C@@H](NC(=O)OCc2ccccc2)CSc2ccc(C(F)(F)F)cc21. The van der Waals surface area contributed by atoms with E-state index in [2.05, 4.69) is 5.32 Å². The second kappa shape index (κ2) is 10.6. The number of nitrogens with zero attached hydrogens (tertiary/aromatic N) is 1. The monoisotopic (exact) mass is 510 g/mol. The predicted molar refractivity (Wildman–Crippen MR) is 124 cm³/mol. The molecule has 7 nitrogen and oxygen atoms in total. The molecule has 0 spiro atoms. The minimum atomic E-state index is -4.65. The third kappa shape index (κ3) is 7.38. The number of hydrogen-bond acceptors (Lipinski definition) is 6. The maximum absolute atomic E-state index is 13.4. The smallest absolute Gasteiger partial charge is 0.416 e. The van der Waals surface area contributed by atoms with Gasteiger partial charge in [-0.3, -0.25) is 14.5 Å². The minimum Gasteiger partial charge on any atom is -0.459 e. The zero-order valence-corrected chi connectivity index (χ0v) is 20.2. The molecule has 2 aromatic carbocycles. The van der Waals surface area contributed by atoms with Crippen LogP contribution in [0.2, 0.25) is 0 Å². The number of hydrogen-bond donors (Lipinski definition) is 1. The van der Waals surface area contributed by atoms with E-state index in [4.69, 9.17) is 9.47 Å². The maximum atomic E-state index is 13.4. The lowest BCUT2D eigenvalue weighted by molar-refractivity contribution is -0.153. The Morgan fingerprint density at radius 3 is 2.43 bits per heavy atom. The molecule has 0 aromatic heterocycles. The van der Waals surface area contributed by atoms with Crippen LogP contribution in [0, 0.1) is 0 Å². The number of halogens is 3. The molecular weight excluding hydrogens is 485 g/mol. The lowest BCUT2D eigenvalue weighted by atomic mass is 10.1. The van der Waals surface area contributed by atoms with Crippen molar-refractivity contribution in [1.82, 2.24) is 5.32 Å². The van der Waals surface area contributed by atoms with Crippen LogP contribution >= 0.6 is 11.8 Å². The highest BCUT2D eigenvalue weighted by Gasteiger charge is 2.37. The molecule has 11 heteroatoms. The molecule has 0 unspecified atom stereocenters. The third-order valence-corrected chi connectivity index (χ3v) is 5.91. The number of amides is 2. The lowest BCUT2D eigenvalue weighted by Gasteiger charge is -2.27. The molecule has 1 aliphatic heterocycles. The average molecular weight is 511 g/mol. The summed E-state index contributed by atoms with van der Waals surface area (Å²) in [7, 11) is 0. The van der Waals surface area contributed by atoms with Gasteiger partial charge >= 0.3 is 18.2 Å². The van der Waals surface area contributed by atoms with Crippen molar-refractivity contribution in [3.8, 4) is 0 Å². The largest absolute Gasteiger partial charge is 0.459 e. The van der Waals surface area contributed by atoms with Crippen molar-refractivity contribution in [2.75, 3.05) is 17.2 Å². The molecule has 2 amide bonds. The number of esters is 1. The summed E-state index contributed by atoms with van der Waals surface area (Å²) in [5.41, 5.74) is -1.17. The van der Waals surface area contributed by atoms with Crippen LogP contribution < -0.4 is 10.2 Å². The van der Waals surface area contributed by atoms with E-state index in [0.717, 1.165) is 34.4 Å². The van der Waals surface area contributed by atoms with E-state index in [9.17, 15) is 27.6 Å². The maximum Gasteiger partial charge on any atom is 0.416 e. The summed E-state index contributed by atoms with van der Waals surface area (Å²) < 4.78 is 50.5. The second-order valence-electron chi connectivity index (χ2n) is 8.76. The second-order valence-corrected chi connectivity index (χ2v) is 9.82. The molecular formula is C24H25F3N2O5S. The first-order chi connectivity index (χ1) is 16.3. The van der Waals surface area contributed by atoms with Gasteiger partial charge in [-0.2, -0.15) is 13.2 Å². The summed E-state index contributed by atoms with van der Waals surface area (Å²) in [5, 5.41) is 2.46. The summed E-state index contributed by atoms with van der Waals surface area (Å²) in [6.45, 7) is 4.25. The minimum absolute atomic E-state index is 0.0302. The van der Waals surface area contributed by atoms with Crippen LogP contribution in [0.3, 0.4) is 0 Å².